The van der Waals surface area contributed by atoms with Crippen LogP contribution in [0.2, 0.25) is 0 Å². The van der Waals surface area contributed by atoms with Gasteiger partial charge in [0.15, 0.2) is 11.5 Å². The number of nitrogens with one attached hydrogen (secondary N) is 1. The number of carbonyl (C=O) groups is 2. The van der Waals surface area contributed by atoms with Gasteiger partial charge in [0.1, 0.15) is 12.3 Å². The van der Waals surface area contributed by atoms with Crippen molar-refractivity contribution >= 4 is 27.9 Å². The minimum atomic E-state index is -3.76. The molecular weight excluding hydrogens is 494 g/mol. The Hall–Kier alpha value is -2.92. The number of alkyl halides is 2. The zero-order valence-electron chi connectivity index (χ0n) is 16.7. The normalized spacial score (nSPS) is 23.9. The fraction of sp³-hybridized carbons (Fsp3) is 0.333. The lowest BCUT2D eigenvalue weighted by molar-refractivity contribution is -0.286. The molecule has 2 aliphatic rings. The van der Waals surface area contributed by atoms with Gasteiger partial charge in [0.05, 0.1) is 6.04 Å². The highest BCUT2D eigenvalue weighted by molar-refractivity contribution is 9.10. The number of carboxylic acid groups (broad SMARTS) is 1. The Morgan fingerprint density at radius 1 is 1.22 bits per heavy atom. The molecule has 2 amide bonds. The molecule has 1 fully saturated rings. The molecule has 2 aliphatic heterocycles. The monoisotopic (exact) mass is 512 g/mol. The number of likely N-dealkylation sites (tertiary alicyclic amines) is 1. The number of hydrogen-bond acceptors (Lipinski definition) is 5. The highest BCUT2D eigenvalue weighted by Gasteiger charge is 2.54. The number of carbonyl (C=O) groups excluding carboxylic acids is 1. The lowest BCUT2D eigenvalue weighted by atomic mass is 9.81. The zero-order valence-corrected chi connectivity index (χ0v) is 18.3. The Kier molecular flexibility index (Phi) is 5.72. The van der Waals surface area contributed by atoms with E-state index in [2.05, 4.69) is 30.7 Å². The fourth-order valence-corrected chi connectivity index (χ4v) is 4.37. The smallest absolute Gasteiger partial charge is 0.480 e. The average molecular weight is 513 g/mol. The Labute approximate surface area is 189 Å². The molecule has 0 aromatic heterocycles. The van der Waals surface area contributed by atoms with Gasteiger partial charge in [-0.1, -0.05) is 34.1 Å². The van der Waals surface area contributed by atoms with E-state index < -0.39 is 42.5 Å². The van der Waals surface area contributed by atoms with Gasteiger partial charge in [-0.2, -0.15) is 0 Å². The Bertz CT molecular complexity index is 1070. The number of carboxylic acids is 1. The van der Waals surface area contributed by atoms with Crippen LogP contribution in [0.5, 0.6) is 11.5 Å². The molecule has 1 unspecified atom stereocenters. The van der Waals surface area contributed by atoms with Crippen molar-refractivity contribution in [2.24, 2.45) is 5.92 Å². The van der Waals surface area contributed by atoms with Crippen LogP contribution in [-0.2, 0) is 11.2 Å². The maximum Gasteiger partial charge on any atom is 0.586 e. The van der Waals surface area contributed by atoms with Crippen molar-refractivity contribution < 1.29 is 38.1 Å². The summed E-state index contributed by atoms with van der Waals surface area (Å²) in [6.45, 7) is 1.59. The van der Waals surface area contributed by atoms with Crippen molar-refractivity contribution in [1.82, 2.24) is 10.2 Å². The Morgan fingerprint density at radius 2 is 1.94 bits per heavy atom. The first-order valence-corrected chi connectivity index (χ1v) is 10.5. The van der Waals surface area contributed by atoms with E-state index in [9.17, 15) is 28.6 Å². The number of hydrogen-bond donors (Lipinski definition) is 3. The topological polar surface area (TPSA) is 108 Å². The Morgan fingerprint density at radius 3 is 2.62 bits per heavy atom. The number of amides is 2. The van der Waals surface area contributed by atoms with Gasteiger partial charge in [-0.25, -0.2) is 9.59 Å². The zero-order chi connectivity index (χ0) is 23.2. The lowest BCUT2D eigenvalue weighted by Crippen LogP contribution is -2.71. The van der Waals surface area contributed by atoms with Gasteiger partial charge in [-0.05, 0) is 48.7 Å². The van der Waals surface area contributed by atoms with Crippen LogP contribution < -0.4 is 14.8 Å². The molecule has 11 heteroatoms. The molecule has 4 atom stereocenters. The molecule has 1 saturated heterocycles. The van der Waals surface area contributed by atoms with Crippen LogP contribution in [0.15, 0.2) is 46.9 Å². The molecule has 170 valence electrons. The summed E-state index contributed by atoms with van der Waals surface area (Å²) in [7, 11) is 0. The lowest BCUT2D eigenvalue weighted by Gasteiger charge is -2.50. The van der Waals surface area contributed by atoms with Crippen LogP contribution >= 0.6 is 15.9 Å². The highest BCUT2D eigenvalue weighted by atomic mass is 79.9. The molecule has 0 aliphatic carbocycles. The summed E-state index contributed by atoms with van der Waals surface area (Å²) in [6, 6.07) is 8.64. The van der Waals surface area contributed by atoms with Crippen LogP contribution in [0, 0.1) is 5.92 Å². The van der Waals surface area contributed by atoms with Gasteiger partial charge in [0.2, 0.25) is 0 Å². The minimum Gasteiger partial charge on any atom is -0.480 e. The van der Waals surface area contributed by atoms with Crippen LogP contribution in [0.3, 0.4) is 0 Å². The van der Waals surface area contributed by atoms with Crippen LogP contribution in [0.4, 0.5) is 13.6 Å². The quantitative estimate of drug-likeness (QED) is 0.565. The molecule has 3 N–H and O–H groups in total. The van der Waals surface area contributed by atoms with E-state index in [1.807, 2.05) is 18.2 Å². The third-order valence-corrected chi connectivity index (χ3v) is 5.98. The number of aliphatic carboxylic acids is 1. The molecular formula is C21H19BrF2N2O6. The summed E-state index contributed by atoms with van der Waals surface area (Å²) in [5.41, 5.74) is 1.26. The fourth-order valence-electron chi connectivity index (χ4n) is 3.92. The van der Waals surface area contributed by atoms with Crippen molar-refractivity contribution in [3.63, 3.8) is 0 Å². The van der Waals surface area contributed by atoms with E-state index in [-0.39, 0.29) is 17.9 Å². The maximum absolute atomic E-state index is 13.2. The first kappa shape index (κ1) is 22.3. The molecule has 2 heterocycles. The largest absolute Gasteiger partial charge is 0.586 e. The second kappa shape index (κ2) is 8.21. The third-order valence-electron chi connectivity index (χ3n) is 5.49. The van der Waals surface area contributed by atoms with E-state index in [1.165, 1.54) is 18.2 Å². The van der Waals surface area contributed by atoms with Gasteiger partial charge in [0, 0.05) is 10.4 Å². The van der Waals surface area contributed by atoms with Crippen LogP contribution in [-0.4, -0.2) is 45.7 Å². The number of aliphatic hydroxyl groups excluding tert-OH is 1. The number of halogens is 3. The number of ether oxygens (including phenoxy) is 2. The van der Waals surface area contributed by atoms with E-state index in [4.69, 9.17) is 0 Å². The molecule has 0 saturated carbocycles. The maximum atomic E-state index is 13.2. The molecule has 2 aromatic carbocycles. The van der Waals surface area contributed by atoms with Gasteiger partial charge < -0.3 is 25.0 Å². The first-order valence-electron chi connectivity index (χ1n) is 9.69. The predicted molar refractivity (Wildman–Crippen MR) is 110 cm³/mol. The summed E-state index contributed by atoms with van der Waals surface area (Å²) in [5.74, 6) is -2.22. The number of nitrogens with zero attached hydrogens (tertiary/aromatic N) is 1. The number of urea groups is 1. The molecule has 32 heavy (non-hydrogen) atoms. The van der Waals surface area contributed by atoms with Gasteiger partial charge in [-0.3, -0.25) is 4.90 Å². The van der Waals surface area contributed by atoms with E-state index >= 15 is 0 Å². The summed E-state index contributed by atoms with van der Waals surface area (Å²) in [4.78, 5) is 25.4. The van der Waals surface area contributed by atoms with E-state index in [0.29, 0.717) is 5.56 Å². The molecule has 2 aromatic rings. The minimum absolute atomic E-state index is 0.128. The van der Waals surface area contributed by atoms with Crippen LogP contribution in [0.25, 0.3) is 0 Å². The number of benzene rings is 2. The number of rotatable bonds is 5. The van der Waals surface area contributed by atoms with E-state index in [1.54, 1.807) is 13.0 Å². The van der Waals surface area contributed by atoms with Crippen molar-refractivity contribution in [3.05, 3.63) is 58.1 Å². The Balaban J connectivity index is 1.44. The van der Waals surface area contributed by atoms with Crippen molar-refractivity contribution in [2.75, 3.05) is 0 Å². The average Bonchev–Trinajstić information content (AvgIpc) is 3.02. The van der Waals surface area contributed by atoms with Gasteiger partial charge >= 0.3 is 18.3 Å². The molecule has 8 nitrogen and oxygen atoms in total. The van der Waals surface area contributed by atoms with Crippen molar-refractivity contribution in [1.29, 1.82) is 0 Å². The summed E-state index contributed by atoms with van der Waals surface area (Å²) in [6.07, 6.45) is -4.78. The second-order valence-electron chi connectivity index (χ2n) is 7.65. The first-order chi connectivity index (χ1) is 15.1. The predicted octanol–water partition coefficient (Wildman–Crippen LogP) is 3.49. The van der Waals surface area contributed by atoms with Gasteiger partial charge in [0.25, 0.3) is 0 Å². The van der Waals surface area contributed by atoms with E-state index in [0.717, 1.165) is 14.9 Å². The molecule has 0 bridgehead atoms. The highest BCUT2D eigenvalue weighted by Crippen LogP contribution is 2.42. The number of fused-ring (bicyclic) bond motifs is 1. The molecule has 4 rings (SSSR count). The van der Waals surface area contributed by atoms with Crippen LogP contribution in [0.1, 0.15) is 24.1 Å². The van der Waals surface area contributed by atoms with Crippen molar-refractivity contribution in [3.8, 4) is 11.5 Å². The molecule has 0 spiro atoms. The SMILES string of the molecule is C[C@@H](NC(=O)N1C(O)[C@H](Cc2cccc(Br)c2)[C@H]1C(=O)O)c1ccc2c(c1)OC(F)(F)O2. The van der Waals surface area contributed by atoms with Crippen molar-refractivity contribution in [2.45, 2.75) is 38.0 Å². The second-order valence-corrected chi connectivity index (χ2v) is 8.56. The standard InChI is InChI=1S/C21H19BrF2N2O6/c1-10(12-5-6-15-16(9-12)32-21(23,24)31-15)25-20(30)26-17(19(28)29)14(18(26)27)8-11-3-2-4-13(22)7-11/h2-7,9-10,14,17-18,27H,8H2,1H3,(H,25,30)(H,28,29)/t10-,14-,17+,18?/m1/s1. The summed E-state index contributed by atoms with van der Waals surface area (Å²) >= 11 is 3.35. The third kappa shape index (κ3) is 4.22. The summed E-state index contributed by atoms with van der Waals surface area (Å²) in [5, 5.41) is 22.8. The summed E-state index contributed by atoms with van der Waals surface area (Å²) < 4.78 is 36.0. The number of aliphatic hydroxyl groups is 1. The van der Waals surface area contributed by atoms with Gasteiger partial charge in [-0.15, -0.1) is 8.78 Å². The molecule has 0 radical (unpaired) electrons.